The zero-order valence-corrected chi connectivity index (χ0v) is 9.35. The molecule has 0 radical (unpaired) electrons. The fourth-order valence-electron chi connectivity index (χ4n) is 1.77. The van der Waals surface area contributed by atoms with Gasteiger partial charge >= 0.3 is 6.18 Å². The number of hydrogen-bond donors (Lipinski definition) is 2. The lowest BCUT2D eigenvalue weighted by Gasteiger charge is -2.15. The van der Waals surface area contributed by atoms with Crippen LogP contribution in [0.15, 0.2) is 18.2 Å². The van der Waals surface area contributed by atoms with E-state index in [9.17, 15) is 13.2 Å². The molecule has 17 heavy (non-hydrogen) atoms. The molecule has 0 amide bonds. The highest BCUT2D eigenvalue weighted by molar-refractivity contribution is 5.59. The third kappa shape index (κ3) is 3.28. The van der Waals surface area contributed by atoms with Crippen molar-refractivity contribution in [1.29, 1.82) is 0 Å². The maximum absolute atomic E-state index is 12.7. The summed E-state index contributed by atoms with van der Waals surface area (Å²) in [5.41, 5.74) is 4.94. The molecule has 2 rings (SSSR count). The van der Waals surface area contributed by atoms with E-state index < -0.39 is 11.7 Å². The molecule has 0 bridgehead atoms. The Kier molecular flexibility index (Phi) is 3.17. The molecule has 0 aromatic heterocycles. The van der Waals surface area contributed by atoms with Gasteiger partial charge in [-0.1, -0.05) is 12.8 Å². The van der Waals surface area contributed by atoms with Crippen LogP contribution >= 0.6 is 0 Å². The van der Waals surface area contributed by atoms with E-state index in [0.717, 1.165) is 12.5 Å². The van der Waals surface area contributed by atoms with E-state index >= 15 is 0 Å². The smallest absolute Gasteiger partial charge is 0.399 e. The first kappa shape index (κ1) is 12.1. The summed E-state index contributed by atoms with van der Waals surface area (Å²) < 4.78 is 38.2. The van der Waals surface area contributed by atoms with Crippen molar-refractivity contribution >= 4 is 11.4 Å². The lowest BCUT2D eigenvalue weighted by molar-refractivity contribution is -0.136. The van der Waals surface area contributed by atoms with E-state index in [2.05, 4.69) is 5.32 Å². The van der Waals surface area contributed by atoms with Crippen molar-refractivity contribution in [1.82, 2.24) is 0 Å². The molecule has 0 heterocycles. The molecule has 1 aromatic carbocycles. The van der Waals surface area contributed by atoms with E-state index in [4.69, 9.17) is 5.73 Å². The number of nitrogen functional groups attached to an aromatic ring is 1. The maximum Gasteiger partial charge on any atom is 0.418 e. The third-order valence-electron chi connectivity index (χ3n) is 2.91. The SMILES string of the molecule is Nc1ccc(NCCC2CC2)c(C(F)(F)F)c1. The minimum absolute atomic E-state index is 0.118. The van der Waals surface area contributed by atoms with Crippen LogP contribution in [0.3, 0.4) is 0 Å². The van der Waals surface area contributed by atoms with Crippen molar-refractivity contribution in [2.75, 3.05) is 17.6 Å². The predicted molar refractivity (Wildman–Crippen MR) is 61.7 cm³/mol. The number of halogens is 3. The van der Waals surface area contributed by atoms with Crippen molar-refractivity contribution in [2.45, 2.75) is 25.4 Å². The predicted octanol–water partition coefficient (Wildman–Crippen LogP) is 3.50. The summed E-state index contributed by atoms with van der Waals surface area (Å²) >= 11 is 0. The van der Waals surface area contributed by atoms with Gasteiger partial charge in [-0.05, 0) is 30.5 Å². The minimum Gasteiger partial charge on any atom is -0.399 e. The van der Waals surface area contributed by atoms with E-state index in [1.165, 1.54) is 25.0 Å². The summed E-state index contributed by atoms with van der Waals surface area (Å²) in [5, 5.41) is 2.84. The van der Waals surface area contributed by atoms with E-state index in [1.807, 2.05) is 0 Å². The number of anilines is 2. The van der Waals surface area contributed by atoms with Crippen LogP contribution in [0.1, 0.15) is 24.8 Å². The summed E-state index contributed by atoms with van der Waals surface area (Å²) in [5.74, 6) is 0.700. The van der Waals surface area contributed by atoms with Crippen molar-refractivity contribution in [2.24, 2.45) is 5.92 Å². The molecule has 0 atom stereocenters. The Hall–Kier alpha value is -1.39. The largest absolute Gasteiger partial charge is 0.418 e. The van der Waals surface area contributed by atoms with Gasteiger partial charge < -0.3 is 11.1 Å². The van der Waals surface area contributed by atoms with Gasteiger partial charge in [0.15, 0.2) is 0 Å². The van der Waals surface area contributed by atoms with Crippen LogP contribution in [0.4, 0.5) is 24.5 Å². The average Bonchev–Trinajstić information content (AvgIpc) is 3.02. The van der Waals surface area contributed by atoms with Crippen LogP contribution in [-0.4, -0.2) is 6.54 Å². The third-order valence-corrected chi connectivity index (χ3v) is 2.91. The molecule has 1 aromatic rings. The van der Waals surface area contributed by atoms with Crippen LogP contribution in [0.2, 0.25) is 0 Å². The summed E-state index contributed by atoms with van der Waals surface area (Å²) in [6, 6.07) is 3.85. The first-order valence-corrected chi connectivity index (χ1v) is 5.67. The molecule has 94 valence electrons. The molecular weight excluding hydrogens is 229 g/mol. The second-order valence-electron chi connectivity index (χ2n) is 4.46. The first-order chi connectivity index (χ1) is 7.97. The first-order valence-electron chi connectivity index (χ1n) is 5.67. The average molecular weight is 244 g/mol. The van der Waals surface area contributed by atoms with Gasteiger partial charge in [0.05, 0.1) is 5.56 Å². The Balaban J connectivity index is 2.08. The highest BCUT2D eigenvalue weighted by Crippen LogP contribution is 2.37. The topological polar surface area (TPSA) is 38.0 Å². The number of benzene rings is 1. The molecule has 5 heteroatoms. The zero-order valence-electron chi connectivity index (χ0n) is 9.35. The molecule has 0 unspecified atom stereocenters. The van der Waals surface area contributed by atoms with Gasteiger partial charge in [0.25, 0.3) is 0 Å². The standard InChI is InChI=1S/C12H15F3N2/c13-12(14,15)10-7-9(16)3-4-11(10)17-6-5-8-1-2-8/h3-4,7-8,17H,1-2,5-6,16H2. The van der Waals surface area contributed by atoms with Gasteiger partial charge in [0.2, 0.25) is 0 Å². The summed E-state index contributed by atoms with van der Waals surface area (Å²) in [4.78, 5) is 0. The van der Waals surface area contributed by atoms with E-state index in [0.29, 0.717) is 12.5 Å². The number of hydrogen-bond acceptors (Lipinski definition) is 2. The summed E-state index contributed by atoms with van der Waals surface area (Å²) in [6.07, 6.45) is -1.02. The summed E-state index contributed by atoms with van der Waals surface area (Å²) in [7, 11) is 0. The van der Waals surface area contributed by atoms with Gasteiger partial charge in [0, 0.05) is 17.9 Å². The highest BCUT2D eigenvalue weighted by atomic mass is 19.4. The number of alkyl halides is 3. The second kappa shape index (κ2) is 4.47. The molecule has 0 aliphatic heterocycles. The van der Waals surface area contributed by atoms with Crippen molar-refractivity contribution in [3.8, 4) is 0 Å². The quantitative estimate of drug-likeness (QED) is 0.795. The minimum atomic E-state index is -4.36. The molecular formula is C12H15F3N2. The molecule has 0 spiro atoms. The Morgan fingerprint density at radius 2 is 2.00 bits per heavy atom. The van der Waals surface area contributed by atoms with Crippen LogP contribution in [0, 0.1) is 5.92 Å². The van der Waals surface area contributed by atoms with Crippen LogP contribution in [0.25, 0.3) is 0 Å². The van der Waals surface area contributed by atoms with Gasteiger partial charge in [-0.15, -0.1) is 0 Å². The number of nitrogens with two attached hydrogens (primary N) is 1. The van der Waals surface area contributed by atoms with Crippen LogP contribution in [-0.2, 0) is 6.18 Å². The van der Waals surface area contributed by atoms with E-state index in [1.54, 1.807) is 0 Å². The molecule has 1 saturated carbocycles. The molecule has 1 fully saturated rings. The lowest BCUT2D eigenvalue weighted by Crippen LogP contribution is -2.12. The van der Waals surface area contributed by atoms with Crippen LogP contribution < -0.4 is 11.1 Å². The second-order valence-corrected chi connectivity index (χ2v) is 4.46. The molecule has 2 nitrogen and oxygen atoms in total. The van der Waals surface area contributed by atoms with Crippen molar-refractivity contribution < 1.29 is 13.2 Å². The Morgan fingerprint density at radius 1 is 1.29 bits per heavy atom. The molecule has 0 saturated heterocycles. The van der Waals surface area contributed by atoms with E-state index in [-0.39, 0.29) is 11.4 Å². The molecule has 3 N–H and O–H groups in total. The van der Waals surface area contributed by atoms with Crippen LogP contribution in [0.5, 0.6) is 0 Å². The molecule has 1 aliphatic carbocycles. The molecule has 1 aliphatic rings. The fraction of sp³-hybridized carbons (Fsp3) is 0.500. The lowest BCUT2D eigenvalue weighted by atomic mass is 10.1. The summed E-state index contributed by atoms with van der Waals surface area (Å²) in [6.45, 7) is 0.581. The number of nitrogens with one attached hydrogen (secondary N) is 1. The Bertz CT molecular complexity index is 397. The Morgan fingerprint density at radius 3 is 2.59 bits per heavy atom. The van der Waals surface area contributed by atoms with Gasteiger partial charge in [0.1, 0.15) is 0 Å². The van der Waals surface area contributed by atoms with Gasteiger partial charge in [-0.25, -0.2) is 0 Å². The normalized spacial score (nSPS) is 15.9. The van der Waals surface area contributed by atoms with Crippen molar-refractivity contribution in [3.63, 3.8) is 0 Å². The van der Waals surface area contributed by atoms with Gasteiger partial charge in [-0.3, -0.25) is 0 Å². The highest BCUT2D eigenvalue weighted by Gasteiger charge is 2.33. The van der Waals surface area contributed by atoms with Crippen molar-refractivity contribution in [3.05, 3.63) is 23.8 Å². The maximum atomic E-state index is 12.7. The van der Waals surface area contributed by atoms with Gasteiger partial charge in [-0.2, -0.15) is 13.2 Å². The zero-order chi connectivity index (χ0) is 12.5. The number of rotatable bonds is 4. The Labute approximate surface area is 98.0 Å². The fourth-order valence-corrected chi connectivity index (χ4v) is 1.77. The monoisotopic (exact) mass is 244 g/mol.